The van der Waals surface area contributed by atoms with E-state index in [1.165, 1.54) is 12.1 Å². The number of hydrogen-bond donors (Lipinski definition) is 1. The van der Waals surface area contributed by atoms with E-state index in [1.54, 1.807) is 14.2 Å². The highest BCUT2D eigenvalue weighted by Crippen LogP contribution is 2.31. The Balaban J connectivity index is 0.00000220. The molecular formula is C28H32Cl2F3N5O2. The average molecular weight is 598 g/mol. The first kappa shape index (κ1) is 31.5. The number of alkyl halides is 3. The molecule has 0 saturated carbocycles. The van der Waals surface area contributed by atoms with E-state index in [9.17, 15) is 13.2 Å². The highest BCUT2D eigenvalue weighted by atomic mass is 35.5. The highest BCUT2D eigenvalue weighted by Gasteiger charge is 2.30. The van der Waals surface area contributed by atoms with Crippen molar-refractivity contribution in [3.05, 3.63) is 77.7 Å². The number of hydrogen-bond acceptors (Lipinski definition) is 6. The fourth-order valence-electron chi connectivity index (χ4n) is 4.87. The molecule has 1 fully saturated rings. The summed E-state index contributed by atoms with van der Waals surface area (Å²) in [5.41, 5.74) is 1.96. The molecule has 216 valence electrons. The molecule has 12 heteroatoms. The smallest absolute Gasteiger partial charge is 0.416 e. The van der Waals surface area contributed by atoms with E-state index in [4.69, 9.17) is 9.47 Å². The molecule has 0 spiro atoms. The number of piperidine rings is 1. The maximum Gasteiger partial charge on any atom is 0.416 e. The number of fused-ring (bicyclic) bond motifs is 1. The molecule has 0 radical (unpaired) electrons. The van der Waals surface area contributed by atoms with Crippen molar-refractivity contribution in [1.29, 1.82) is 0 Å². The Labute approximate surface area is 243 Å². The van der Waals surface area contributed by atoms with Gasteiger partial charge in [0.05, 0.1) is 25.0 Å². The van der Waals surface area contributed by atoms with E-state index in [0.29, 0.717) is 12.3 Å². The molecule has 0 unspecified atom stereocenters. The summed E-state index contributed by atoms with van der Waals surface area (Å²) in [4.78, 5) is 2.39. The van der Waals surface area contributed by atoms with Gasteiger partial charge in [0, 0.05) is 61.6 Å². The lowest BCUT2D eigenvalue weighted by Gasteiger charge is -2.32. The van der Waals surface area contributed by atoms with Gasteiger partial charge in [-0.3, -0.25) is 4.90 Å². The molecule has 0 bridgehead atoms. The Kier molecular flexibility index (Phi) is 10.7. The normalized spacial score (nSPS) is 14.4. The monoisotopic (exact) mass is 597 g/mol. The van der Waals surface area contributed by atoms with Crippen LogP contribution in [0.15, 0.2) is 60.9 Å². The van der Waals surface area contributed by atoms with E-state index in [-0.39, 0.29) is 30.9 Å². The van der Waals surface area contributed by atoms with Crippen LogP contribution in [0.2, 0.25) is 0 Å². The van der Waals surface area contributed by atoms with E-state index in [0.717, 1.165) is 78.2 Å². The summed E-state index contributed by atoms with van der Waals surface area (Å²) < 4.78 is 51.1. The molecule has 40 heavy (non-hydrogen) atoms. The van der Waals surface area contributed by atoms with Crippen LogP contribution in [0, 0.1) is 0 Å². The fourth-order valence-corrected chi connectivity index (χ4v) is 4.87. The number of methoxy groups -OCH3 is 2. The predicted molar refractivity (Wildman–Crippen MR) is 154 cm³/mol. The maximum atomic E-state index is 12.8. The van der Waals surface area contributed by atoms with Crippen molar-refractivity contribution in [3.63, 3.8) is 0 Å². The van der Waals surface area contributed by atoms with Crippen molar-refractivity contribution in [1.82, 2.24) is 19.7 Å². The highest BCUT2D eigenvalue weighted by molar-refractivity contribution is 5.94. The molecule has 1 saturated heterocycles. The molecule has 1 aliphatic rings. The van der Waals surface area contributed by atoms with Crippen LogP contribution in [0.25, 0.3) is 16.5 Å². The Morgan fingerprint density at radius 2 is 1.68 bits per heavy atom. The van der Waals surface area contributed by atoms with Gasteiger partial charge in [-0.1, -0.05) is 0 Å². The SMILES string of the molecule is COCc1nnc(NC2CCN(Cc3ccn(-c4ccc(C(F)(F)F)cc4)c3)CC2)c2cc(OC)ccc12.Cl.Cl. The van der Waals surface area contributed by atoms with Crippen LogP contribution < -0.4 is 10.1 Å². The summed E-state index contributed by atoms with van der Waals surface area (Å²) in [7, 11) is 3.28. The zero-order chi connectivity index (χ0) is 26.7. The molecule has 0 amide bonds. The molecule has 2 aromatic carbocycles. The molecule has 5 rings (SSSR count). The van der Waals surface area contributed by atoms with E-state index >= 15 is 0 Å². The number of halogens is 5. The zero-order valence-corrected chi connectivity index (χ0v) is 23.8. The van der Waals surface area contributed by atoms with Gasteiger partial charge in [-0.2, -0.15) is 18.3 Å². The molecule has 1 aliphatic heterocycles. The van der Waals surface area contributed by atoms with Crippen molar-refractivity contribution in [2.45, 2.75) is 38.2 Å². The minimum atomic E-state index is -4.33. The van der Waals surface area contributed by atoms with Crippen LogP contribution >= 0.6 is 24.8 Å². The maximum absolute atomic E-state index is 12.8. The Morgan fingerprint density at radius 3 is 2.33 bits per heavy atom. The van der Waals surface area contributed by atoms with Crippen molar-refractivity contribution >= 4 is 41.4 Å². The van der Waals surface area contributed by atoms with Crippen LogP contribution in [0.1, 0.15) is 29.7 Å². The van der Waals surface area contributed by atoms with Gasteiger partial charge in [0.25, 0.3) is 0 Å². The second-order valence-electron chi connectivity index (χ2n) is 9.51. The second-order valence-corrected chi connectivity index (χ2v) is 9.51. The molecule has 7 nitrogen and oxygen atoms in total. The van der Waals surface area contributed by atoms with Crippen molar-refractivity contribution in [2.24, 2.45) is 0 Å². The van der Waals surface area contributed by atoms with Gasteiger partial charge < -0.3 is 19.4 Å². The zero-order valence-electron chi connectivity index (χ0n) is 22.1. The largest absolute Gasteiger partial charge is 0.497 e. The van der Waals surface area contributed by atoms with Crippen LogP contribution in [-0.4, -0.2) is 53.0 Å². The number of nitrogens with one attached hydrogen (secondary N) is 1. The molecule has 1 N–H and O–H groups in total. The lowest BCUT2D eigenvalue weighted by atomic mass is 10.0. The number of ether oxygens (including phenoxy) is 2. The summed E-state index contributed by atoms with van der Waals surface area (Å²) >= 11 is 0. The van der Waals surface area contributed by atoms with E-state index in [1.807, 2.05) is 41.2 Å². The molecule has 2 aromatic heterocycles. The summed E-state index contributed by atoms with van der Waals surface area (Å²) in [5, 5.41) is 14.4. The fraction of sp³-hybridized carbons (Fsp3) is 0.357. The lowest BCUT2D eigenvalue weighted by molar-refractivity contribution is -0.137. The van der Waals surface area contributed by atoms with Crippen LogP contribution in [0.3, 0.4) is 0 Å². The third-order valence-corrected chi connectivity index (χ3v) is 6.93. The van der Waals surface area contributed by atoms with E-state index in [2.05, 4.69) is 20.4 Å². The Morgan fingerprint density at radius 1 is 0.950 bits per heavy atom. The van der Waals surface area contributed by atoms with Crippen molar-refractivity contribution in [2.75, 3.05) is 32.6 Å². The predicted octanol–water partition coefficient (Wildman–Crippen LogP) is 6.51. The van der Waals surface area contributed by atoms with Crippen LogP contribution in [-0.2, 0) is 24.1 Å². The summed E-state index contributed by atoms with van der Waals surface area (Å²) in [6.07, 6.45) is 1.43. The minimum Gasteiger partial charge on any atom is -0.497 e. The minimum absolute atomic E-state index is 0. The summed E-state index contributed by atoms with van der Waals surface area (Å²) in [5.74, 6) is 1.50. The van der Waals surface area contributed by atoms with Crippen LogP contribution in [0.4, 0.5) is 19.0 Å². The molecule has 0 atom stereocenters. The van der Waals surface area contributed by atoms with Gasteiger partial charge in [-0.15, -0.1) is 29.9 Å². The van der Waals surface area contributed by atoms with Gasteiger partial charge in [0.2, 0.25) is 0 Å². The van der Waals surface area contributed by atoms with E-state index < -0.39 is 11.7 Å². The van der Waals surface area contributed by atoms with Gasteiger partial charge in [-0.25, -0.2) is 0 Å². The first-order chi connectivity index (χ1) is 18.3. The first-order valence-electron chi connectivity index (χ1n) is 12.5. The van der Waals surface area contributed by atoms with Crippen molar-refractivity contribution in [3.8, 4) is 11.4 Å². The summed E-state index contributed by atoms with van der Waals surface area (Å²) in [6, 6.07) is 13.4. The quantitative estimate of drug-likeness (QED) is 0.250. The van der Waals surface area contributed by atoms with Gasteiger partial charge >= 0.3 is 6.18 Å². The van der Waals surface area contributed by atoms with Gasteiger partial charge in [-0.05, 0) is 66.9 Å². The number of rotatable bonds is 8. The summed E-state index contributed by atoms with van der Waals surface area (Å²) in [6.45, 7) is 3.00. The molecular weight excluding hydrogens is 566 g/mol. The molecule has 3 heterocycles. The van der Waals surface area contributed by atoms with Gasteiger partial charge in [0.15, 0.2) is 5.82 Å². The number of likely N-dealkylation sites (tertiary alicyclic amines) is 1. The lowest BCUT2D eigenvalue weighted by Crippen LogP contribution is -2.38. The van der Waals surface area contributed by atoms with Crippen LogP contribution in [0.5, 0.6) is 5.75 Å². The number of anilines is 1. The molecule has 4 aromatic rings. The molecule has 0 aliphatic carbocycles. The number of benzene rings is 2. The first-order valence-corrected chi connectivity index (χ1v) is 12.5. The average Bonchev–Trinajstić information content (AvgIpc) is 3.39. The topological polar surface area (TPSA) is 64.4 Å². The third-order valence-electron chi connectivity index (χ3n) is 6.93. The number of aromatic nitrogens is 3. The van der Waals surface area contributed by atoms with Gasteiger partial charge in [0.1, 0.15) is 5.75 Å². The number of nitrogens with zero attached hydrogens (tertiary/aromatic N) is 4. The Hall–Kier alpha value is -3.05. The standard InChI is InChI=1S/C28H30F3N5O2.2ClH/c1-37-18-26-24-8-7-23(38-2)15-25(24)27(34-33-26)32-21-10-12-35(13-11-21)16-19-9-14-36(17-19)22-5-3-20(4-6-22)28(29,30)31;;/h3-9,14-15,17,21H,10-13,16,18H2,1-2H3,(H,32,34);2*1H. The van der Waals surface area contributed by atoms with Crippen molar-refractivity contribution < 1.29 is 22.6 Å². The second kappa shape index (κ2) is 13.5. The Bertz CT molecular complexity index is 1390. The third kappa shape index (κ3) is 7.17.